The normalized spacial score (nSPS) is 11.4. The lowest BCUT2D eigenvalue weighted by Crippen LogP contribution is -1.79. The third kappa shape index (κ3) is 3.00. The highest BCUT2D eigenvalue weighted by molar-refractivity contribution is 5.71. The number of allylic oxidation sites excluding steroid dienone is 2. The smallest absolute Gasteiger partial charge is 0.0319 e. The highest BCUT2D eigenvalue weighted by atomic mass is 16.2. The van der Waals surface area contributed by atoms with Gasteiger partial charge in [0.15, 0.2) is 0 Å². The van der Waals surface area contributed by atoms with Crippen molar-refractivity contribution in [2.45, 2.75) is 27.2 Å². The molecule has 1 N–H and O–H groups in total. The third-order valence-electron chi connectivity index (χ3n) is 2.07. The molecule has 0 aliphatic heterocycles. The number of aliphatic hydroxyl groups excluding tert-OH is 1. The maximum Gasteiger partial charge on any atom is 0.0319 e. The molecular weight excluding hydrogens is 172 g/mol. The second-order valence-electron chi connectivity index (χ2n) is 2.75. The molecule has 1 aromatic rings. The summed E-state index contributed by atoms with van der Waals surface area (Å²) in [6.07, 6.45) is 3.41. The topological polar surface area (TPSA) is 20.2 Å². The highest BCUT2D eigenvalue weighted by Gasteiger charge is 2.07. The molecule has 0 bridgehead atoms. The summed E-state index contributed by atoms with van der Waals surface area (Å²) < 4.78 is 0. The van der Waals surface area contributed by atoms with E-state index in [0.717, 1.165) is 13.5 Å². The zero-order chi connectivity index (χ0) is 11.0. The third-order valence-corrected chi connectivity index (χ3v) is 2.07. The summed E-state index contributed by atoms with van der Waals surface area (Å²) in [6, 6.07) is 8.59. The summed E-state index contributed by atoms with van der Waals surface area (Å²) in [5.41, 5.74) is 4.33. The minimum atomic E-state index is 1.00. The fraction of sp³-hybridized carbons (Fsp3) is 0.385. The van der Waals surface area contributed by atoms with Crippen LogP contribution in [-0.4, -0.2) is 12.2 Å². The van der Waals surface area contributed by atoms with Gasteiger partial charge in [-0.3, -0.25) is 0 Å². The van der Waals surface area contributed by atoms with Gasteiger partial charge in [0.05, 0.1) is 0 Å². The Balaban J connectivity index is 0.000000379. The predicted molar refractivity (Wildman–Crippen MR) is 63.3 cm³/mol. The highest BCUT2D eigenvalue weighted by Crippen LogP contribution is 2.25. The van der Waals surface area contributed by atoms with Crippen molar-refractivity contribution in [1.29, 1.82) is 0 Å². The van der Waals surface area contributed by atoms with Gasteiger partial charge in [0.1, 0.15) is 0 Å². The SMILES string of the molecule is CC.CC1=CCc2ccccc21.CO. The van der Waals surface area contributed by atoms with Crippen molar-refractivity contribution >= 4 is 5.57 Å². The Labute approximate surface area is 87.1 Å². The fourth-order valence-corrected chi connectivity index (χ4v) is 1.46. The van der Waals surface area contributed by atoms with Gasteiger partial charge in [-0.25, -0.2) is 0 Å². The number of rotatable bonds is 0. The summed E-state index contributed by atoms with van der Waals surface area (Å²) in [5, 5.41) is 7.00. The molecule has 0 unspecified atom stereocenters. The minimum absolute atomic E-state index is 1.00. The van der Waals surface area contributed by atoms with Crippen LogP contribution in [0.1, 0.15) is 31.9 Å². The van der Waals surface area contributed by atoms with Crippen LogP contribution in [0, 0.1) is 0 Å². The lowest BCUT2D eigenvalue weighted by molar-refractivity contribution is 0.399. The van der Waals surface area contributed by atoms with Gasteiger partial charge in [0, 0.05) is 7.11 Å². The zero-order valence-electron chi connectivity index (χ0n) is 9.54. The Hall–Kier alpha value is -1.08. The van der Waals surface area contributed by atoms with E-state index in [1.165, 1.54) is 16.7 Å². The molecule has 0 amide bonds. The average molecular weight is 192 g/mol. The van der Waals surface area contributed by atoms with Gasteiger partial charge in [-0.2, -0.15) is 0 Å². The minimum Gasteiger partial charge on any atom is -0.400 e. The standard InChI is InChI=1S/C10H10.C2H6.CH4O/c1-8-6-7-9-4-2-3-5-10(8)9;2*1-2/h2-6H,7H2,1H3;1-2H3;2H,1H3. The molecule has 14 heavy (non-hydrogen) atoms. The Morgan fingerprint density at radius 1 is 1.07 bits per heavy atom. The van der Waals surface area contributed by atoms with Gasteiger partial charge in [-0.05, 0) is 30.0 Å². The summed E-state index contributed by atoms with van der Waals surface area (Å²) >= 11 is 0. The van der Waals surface area contributed by atoms with Gasteiger partial charge in [-0.1, -0.05) is 44.2 Å². The first-order valence-electron chi connectivity index (χ1n) is 5.08. The van der Waals surface area contributed by atoms with E-state index in [1.807, 2.05) is 13.8 Å². The maximum atomic E-state index is 7.00. The molecule has 1 heteroatoms. The van der Waals surface area contributed by atoms with Crippen LogP contribution in [0.3, 0.4) is 0 Å². The lowest BCUT2D eigenvalue weighted by Gasteiger charge is -1.97. The number of hydrogen-bond donors (Lipinski definition) is 1. The molecule has 2 rings (SSSR count). The largest absolute Gasteiger partial charge is 0.400 e. The molecule has 0 aromatic heterocycles. The first-order chi connectivity index (χ1) is 6.88. The van der Waals surface area contributed by atoms with Crippen molar-refractivity contribution < 1.29 is 5.11 Å². The van der Waals surface area contributed by atoms with Crippen LogP contribution in [0.5, 0.6) is 0 Å². The number of benzene rings is 1. The Morgan fingerprint density at radius 3 is 2.21 bits per heavy atom. The van der Waals surface area contributed by atoms with Crippen molar-refractivity contribution in [1.82, 2.24) is 0 Å². The van der Waals surface area contributed by atoms with Crippen molar-refractivity contribution in [2.24, 2.45) is 0 Å². The molecule has 1 nitrogen and oxygen atoms in total. The van der Waals surface area contributed by atoms with Gasteiger partial charge in [-0.15, -0.1) is 0 Å². The second-order valence-corrected chi connectivity index (χ2v) is 2.75. The Morgan fingerprint density at radius 2 is 1.64 bits per heavy atom. The van der Waals surface area contributed by atoms with Crippen LogP contribution in [0.15, 0.2) is 30.3 Å². The number of fused-ring (bicyclic) bond motifs is 1. The first-order valence-corrected chi connectivity index (χ1v) is 5.08. The van der Waals surface area contributed by atoms with Gasteiger partial charge in [0.25, 0.3) is 0 Å². The van der Waals surface area contributed by atoms with Crippen molar-refractivity contribution in [3.8, 4) is 0 Å². The van der Waals surface area contributed by atoms with E-state index in [4.69, 9.17) is 5.11 Å². The van der Waals surface area contributed by atoms with Gasteiger partial charge < -0.3 is 5.11 Å². The van der Waals surface area contributed by atoms with Crippen LogP contribution in [0.4, 0.5) is 0 Å². The number of aliphatic hydroxyl groups is 1. The van der Waals surface area contributed by atoms with E-state index in [1.54, 1.807) is 0 Å². The van der Waals surface area contributed by atoms with E-state index >= 15 is 0 Å². The molecule has 0 saturated heterocycles. The van der Waals surface area contributed by atoms with Gasteiger partial charge in [0.2, 0.25) is 0 Å². The van der Waals surface area contributed by atoms with Crippen LogP contribution < -0.4 is 0 Å². The second kappa shape index (κ2) is 7.34. The van der Waals surface area contributed by atoms with Crippen molar-refractivity contribution in [3.63, 3.8) is 0 Å². The molecule has 0 atom stereocenters. The molecule has 0 heterocycles. The van der Waals surface area contributed by atoms with E-state index in [9.17, 15) is 0 Å². The van der Waals surface area contributed by atoms with Crippen molar-refractivity contribution in [3.05, 3.63) is 41.5 Å². The maximum absolute atomic E-state index is 7.00. The molecule has 1 aliphatic carbocycles. The Kier molecular flexibility index (Phi) is 6.77. The van der Waals surface area contributed by atoms with Crippen molar-refractivity contribution in [2.75, 3.05) is 7.11 Å². The number of hydrogen-bond acceptors (Lipinski definition) is 1. The molecule has 0 radical (unpaired) electrons. The van der Waals surface area contributed by atoms with E-state index in [-0.39, 0.29) is 0 Å². The summed E-state index contributed by atoms with van der Waals surface area (Å²) in [5.74, 6) is 0. The molecule has 0 spiro atoms. The summed E-state index contributed by atoms with van der Waals surface area (Å²) in [7, 11) is 1.00. The summed E-state index contributed by atoms with van der Waals surface area (Å²) in [4.78, 5) is 0. The monoisotopic (exact) mass is 192 g/mol. The summed E-state index contributed by atoms with van der Waals surface area (Å²) in [6.45, 7) is 6.17. The lowest BCUT2D eigenvalue weighted by atomic mass is 10.1. The molecule has 0 fully saturated rings. The average Bonchev–Trinajstić information content (AvgIpc) is 2.67. The van der Waals surface area contributed by atoms with Crippen LogP contribution in [0.2, 0.25) is 0 Å². The molecular formula is C13H20O. The van der Waals surface area contributed by atoms with E-state index < -0.39 is 0 Å². The van der Waals surface area contributed by atoms with E-state index in [2.05, 4.69) is 37.3 Å². The molecule has 1 aromatic carbocycles. The van der Waals surface area contributed by atoms with E-state index in [0.29, 0.717) is 0 Å². The predicted octanol–water partition coefficient (Wildman–Crippen LogP) is 3.28. The fourth-order valence-electron chi connectivity index (χ4n) is 1.46. The zero-order valence-corrected chi connectivity index (χ0v) is 9.54. The Bertz CT molecular complexity index is 287. The van der Waals surface area contributed by atoms with Crippen LogP contribution in [-0.2, 0) is 6.42 Å². The first kappa shape index (κ1) is 12.9. The quantitative estimate of drug-likeness (QED) is 0.669. The molecule has 0 saturated carbocycles. The van der Waals surface area contributed by atoms with Gasteiger partial charge >= 0.3 is 0 Å². The molecule has 1 aliphatic rings. The van der Waals surface area contributed by atoms with Crippen LogP contribution >= 0.6 is 0 Å². The molecule has 78 valence electrons. The van der Waals surface area contributed by atoms with Crippen LogP contribution in [0.25, 0.3) is 5.57 Å².